The first-order valence-electron chi connectivity index (χ1n) is 6.25. The summed E-state index contributed by atoms with van der Waals surface area (Å²) in [6.07, 6.45) is 10.9. The SMILES string of the molecule is CC.CC.C\C=C/C=c1/cco/c1=C/CC. The molecule has 0 N–H and O–H groups in total. The highest BCUT2D eigenvalue weighted by atomic mass is 16.3. The second-order valence-electron chi connectivity index (χ2n) is 2.55. The minimum absolute atomic E-state index is 0.968. The lowest BCUT2D eigenvalue weighted by molar-refractivity contribution is 0.529. The first-order valence-corrected chi connectivity index (χ1v) is 6.25. The van der Waals surface area contributed by atoms with Gasteiger partial charge in [-0.3, -0.25) is 0 Å². The van der Waals surface area contributed by atoms with Crippen molar-refractivity contribution in [3.8, 4) is 0 Å². The van der Waals surface area contributed by atoms with Crippen LogP contribution in [0.3, 0.4) is 0 Å². The third-order valence-electron chi connectivity index (χ3n) is 1.58. The monoisotopic (exact) mass is 222 g/mol. The Bertz CT molecular complexity index is 355. The highest BCUT2D eigenvalue weighted by molar-refractivity contribution is 5.37. The summed E-state index contributed by atoms with van der Waals surface area (Å²) in [6, 6.07) is 1.97. The third kappa shape index (κ3) is 7.10. The van der Waals surface area contributed by atoms with Gasteiger partial charge in [0.15, 0.2) is 0 Å². The molecule has 0 aromatic carbocycles. The van der Waals surface area contributed by atoms with Gasteiger partial charge in [0.25, 0.3) is 0 Å². The van der Waals surface area contributed by atoms with Gasteiger partial charge in [0, 0.05) is 5.22 Å². The van der Waals surface area contributed by atoms with E-state index in [1.807, 2.05) is 58.9 Å². The number of rotatable bonds is 2. The molecule has 1 heteroatoms. The molecule has 0 aliphatic heterocycles. The molecule has 92 valence electrons. The number of hydrogen-bond acceptors (Lipinski definition) is 1. The van der Waals surface area contributed by atoms with Crippen LogP contribution in [0.2, 0.25) is 0 Å². The summed E-state index contributed by atoms with van der Waals surface area (Å²) < 4.78 is 5.28. The van der Waals surface area contributed by atoms with E-state index in [-0.39, 0.29) is 0 Å². The smallest absolute Gasteiger partial charge is 0.129 e. The van der Waals surface area contributed by atoms with Crippen LogP contribution in [0.1, 0.15) is 48.0 Å². The molecule has 0 radical (unpaired) electrons. The van der Waals surface area contributed by atoms with Crippen LogP contribution in [0.25, 0.3) is 12.2 Å². The molecule has 0 atom stereocenters. The van der Waals surface area contributed by atoms with Crippen molar-refractivity contribution in [2.45, 2.75) is 48.0 Å². The molecule has 1 nitrogen and oxygen atoms in total. The van der Waals surface area contributed by atoms with Crippen LogP contribution in [0, 0.1) is 0 Å². The van der Waals surface area contributed by atoms with Gasteiger partial charge in [0.1, 0.15) is 5.42 Å². The zero-order valence-corrected chi connectivity index (χ0v) is 11.6. The molecule has 1 rings (SSSR count). The van der Waals surface area contributed by atoms with Crippen molar-refractivity contribution in [2.24, 2.45) is 0 Å². The van der Waals surface area contributed by atoms with Gasteiger partial charge in [-0.2, -0.15) is 0 Å². The van der Waals surface area contributed by atoms with Crippen LogP contribution in [0.4, 0.5) is 0 Å². The molecular weight excluding hydrogens is 196 g/mol. The van der Waals surface area contributed by atoms with E-state index in [4.69, 9.17) is 4.42 Å². The van der Waals surface area contributed by atoms with E-state index in [0.29, 0.717) is 0 Å². The Balaban J connectivity index is 0. The quantitative estimate of drug-likeness (QED) is 0.740. The summed E-state index contributed by atoms with van der Waals surface area (Å²) in [6.45, 7) is 12.1. The van der Waals surface area contributed by atoms with Crippen molar-refractivity contribution < 1.29 is 4.42 Å². The second-order valence-corrected chi connectivity index (χ2v) is 2.55. The van der Waals surface area contributed by atoms with Gasteiger partial charge < -0.3 is 4.42 Å². The Morgan fingerprint density at radius 3 is 2.31 bits per heavy atom. The zero-order valence-electron chi connectivity index (χ0n) is 11.6. The van der Waals surface area contributed by atoms with Crippen LogP contribution in [-0.2, 0) is 0 Å². The van der Waals surface area contributed by atoms with Gasteiger partial charge in [-0.05, 0) is 25.5 Å². The minimum atomic E-state index is 0.968. The second kappa shape index (κ2) is 13.8. The van der Waals surface area contributed by atoms with Crippen molar-refractivity contribution >= 4 is 12.2 Å². The molecule has 0 bridgehead atoms. The fourth-order valence-corrected chi connectivity index (χ4v) is 1.02. The van der Waals surface area contributed by atoms with Crippen molar-refractivity contribution in [3.63, 3.8) is 0 Å². The summed E-state index contributed by atoms with van der Waals surface area (Å²) in [7, 11) is 0. The van der Waals surface area contributed by atoms with Crippen molar-refractivity contribution in [1.29, 1.82) is 0 Å². The van der Waals surface area contributed by atoms with Crippen LogP contribution in [0.15, 0.2) is 28.9 Å². The average Bonchev–Trinajstić information content (AvgIpc) is 2.80. The van der Waals surface area contributed by atoms with Gasteiger partial charge in [-0.1, -0.05) is 52.8 Å². The highest BCUT2D eigenvalue weighted by Gasteiger charge is 1.84. The maximum atomic E-state index is 5.28. The van der Waals surface area contributed by atoms with E-state index in [9.17, 15) is 0 Å². The maximum absolute atomic E-state index is 5.28. The molecule has 1 aromatic rings. The predicted molar refractivity (Wildman–Crippen MR) is 74.7 cm³/mol. The van der Waals surface area contributed by atoms with Crippen LogP contribution in [-0.4, -0.2) is 0 Å². The number of allylic oxidation sites excluding steroid dienone is 2. The van der Waals surface area contributed by atoms with E-state index in [1.54, 1.807) is 6.26 Å². The fraction of sp³-hybridized carbons (Fsp3) is 0.467. The molecule has 1 aromatic heterocycles. The Kier molecular flexibility index (Phi) is 14.8. The van der Waals surface area contributed by atoms with Gasteiger partial charge in [0.2, 0.25) is 0 Å². The van der Waals surface area contributed by atoms with Crippen LogP contribution in [0.5, 0.6) is 0 Å². The molecule has 0 spiro atoms. The molecule has 0 aliphatic rings. The fourth-order valence-electron chi connectivity index (χ4n) is 1.02. The summed E-state index contributed by atoms with van der Waals surface area (Å²) in [4.78, 5) is 0. The van der Waals surface area contributed by atoms with Gasteiger partial charge >= 0.3 is 0 Å². The van der Waals surface area contributed by atoms with E-state index >= 15 is 0 Å². The average molecular weight is 222 g/mol. The molecule has 0 fully saturated rings. The Labute approximate surface area is 100 Å². The predicted octanol–water partition coefficient (Wildman–Crippen LogP) is 3.88. The number of furan rings is 1. The molecular formula is C15H26O. The lowest BCUT2D eigenvalue weighted by Crippen LogP contribution is -2.18. The third-order valence-corrected chi connectivity index (χ3v) is 1.58. The lowest BCUT2D eigenvalue weighted by Gasteiger charge is -1.77. The van der Waals surface area contributed by atoms with Crippen LogP contribution < -0.4 is 10.6 Å². The Morgan fingerprint density at radius 2 is 1.81 bits per heavy atom. The summed E-state index contributed by atoms with van der Waals surface area (Å²) in [5.74, 6) is 0. The molecule has 0 saturated carbocycles. The zero-order chi connectivity index (χ0) is 12.8. The van der Waals surface area contributed by atoms with Crippen LogP contribution >= 0.6 is 0 Å². The van der Waals surface area contributed by atoms with E-state index in [2.05, 4.69) is 13.0 Å². The molecule has 0 saturated heterocycles. The van der Waals surface area contributed by atoms with Gasteiger partial charge in [0.05, 0.1) is 6.26 Å². The van der Waals surface area contributed by atoms with E-state index < -0.39 is 0 Å². The minimum Gasteiger partial charge on any atom is -0.465 e. The van der Waals surface area contributed by atoms with Crippen molar-refractivity contribution in [1.82, 2.24) is 0 Å². The van der Waals surface area contributed by atoms with E-state index in [1.165, 1.54) is 0 Å². The van der Waals surface area contributed by atoms with Gasteiger partial charge in [-0.25, -0.2) is 0 Å². The van der Waals surface area contributed by atoms with Crippen molar-refractivity contribution in [2.75, 3.05) is 0 Å². The standard InChI is InChI=1S/C11H14O.2C2H6/c1-3-5-7-10-8-9-12-11(10)6-4-2;2*1-2/h3,5-9H,4H2,1-2H3;2*1-2H3/b5-3-,10-7-,11-6+;;. The van der Waals surface area contributed by atoms with Crippen molar-refractivity contribution in [3.05, 3.63) is 35.1 Å². The molecule has 1 heterocycles. The van der Waals surface area contributed by atoms with Gasteiger partial charge in [-0.15, -0.1) is 0 Å². The summed E-state index contributed by atoms with van der Waals surface area (Å²) in [5.41, 5.74) is 0.968. The maximum Gasteiger partial charge on any atom is 0.129 e. The summed E-state index contributed by atoms with van der Waals surface area (Å²) in [5, 5.41) is 1.15. The first kappa shape index (κ1) is 17.2. The Hall–Kier alpha value is -1.24. The molecule has 16 heavy (non-hydrogen) atoms. The molecule has 0 aliphatic carbocycles. The largest absolute Gasteiger partial charge is 0.465 e. The number of hydrogen-bond donors (Lipinski definition) is 0. The molecule has 0 amide bonds. The molecule has 0 unspecified atom stereocenters. The normalized spacial score (nSPS) is 11.9. The first-order chi connectivity index (χ1) is 7.88. The lowest BCUT2D eigenvalue weighted by atomic mass is 10.3. The topological polar surface area (TPSA) is 13.1 Å². The Morgan fingerprint density at radius 1 is 1.19 bits per heavy atom. The van der Waals surface area contributed by atoms with E-state index in [0.717, 1.165) is 17.1 Å². The highest BCUT2D eigenvalue weighted by Crippen LogP contribution is 1.77. The summed E-state index contributed by atoms with van der Waals surface area (Å²) >= 11 is 0.